The van der Waals surface area contributed by atoms with Gasteiger partial charge in [-0.05, 0) is 42.0 Å². The number of benzene rings is 2. The van der Waals surface area contributed by atoms with Gasteiger partial charge in [-0.3, -0.25) is 4.99 Å². The third-order valence-corrected chi connectivity index (χ3v) is 4.09. The lowest BCUT2D eigenvalue weighted by Crippen LogP contribution is -2.00. The highest BCUT2D eigenvalue weighted by atomic mass is 32.2. The molecule has 114 valence electrons. The Kier molecular flexibility index (Phi) is 4.72. The van der Waals surface area contributed by atoms with Crippen LogP contribution in [0, 0.1) is 0 Å². The van der Waals surface area contributed by atoms with Gasteiger partial charge in [-0.15, -0.1) is 0 Å². The topological polar surface area (TPSA) is 72.8 Å². The number of esters is 1. The van der Waals surface area contributed by atoms with Crippen LogP contribution in [0.25, 0.3) is 0 Å². The van der Waals surface area contributed by atoms with Gasteiger partial charge >= 0.3 is 5.97 Å². The second-order valence-corrected chi connectivity index (χ2v) is 6.65. The molecule has 0 bridgehead atoms. The molecule has 0 N–H and O–H groups in total. The second kappa shape index (κ2) is 6.53. The van der Waals surface area contributed by atoms with Crippen LogP contribution in [0.2, 0.25) is 0 Å². The van der Waals surface area contributed by atoms with Crippen LogP contribution in [-0.2, 0) is 14.6 Å². The number of methoxy groups -OCH3 is 1. The Bertz CT molecular complexity index is 791. The van der Waals surface area contributed by atoms with E-state index in [9.17, 15) is 13.2 Å². The molecule has 2 aromatic rings. The Morgan fingerprint density at radius 1 is 1.05 bits per heavy atom. The van der Waals surface area contributed by atoms with Crippen molar-refractivity contribution in [3.05, 3.63) is 59.7 Å². The summed E-state index contributed by atoms with van der Waals surface area (Å²) >= 11 is 0. The Morgan fingerprint density at radius 2 is 1.64 bits per heavy atom. The van der Waals surface area contributed by atoms with Crippen molar-refractivity contribution in [2.45, 2.75) is 4.90 Å². The van der Waals surface area contributed by atoms with E-state index in [1.165, 1.54) is 19.2 Å². The predicted octanol–water partition coefficient (Wildman–Crippen LogP) is 2.63. The molecule has 2 rings (SSSR count). The molecule has 0 atom stereocenters. The van der Waals surface area contributed by atoms with E-state index in [2.05, 4.69) is 9.73 Å². The van der Waals surface area contributed by atoms with Crippen molar-refractivity contribution < 1.29 is 17.9 Å². The van der Waals surface area contributed by atoms with Crippen molar-refractivity contribution >= 4 is 27.7 Å². The monoisotopic (exact) mass is 317 g/mol. The van der Waals surface area contributed by atoms with Gasteiger partial charge in [0, 0.05) is 12.5 Å². The number of rotatable bonds is 4. The fourth-order valence-corrected chi connectivity index (χ4v) is 2.38. The predicted molar refractivity (Wildman–Crippen MR) is 84.6 cm³/mol. The highest BCUT2D eigenvalue weighted by Gasteiger charge is 2.05. The lowest BCUT2D eigenvalue weighted by atomic mass is 10.1. The molecular weight excluding hydrogens is 302 g/mol. The van der Waals surface area contributed by atoms with Crippen molar-refractivity contribution in [2.75, 3.05) is 13.4 Å². The lowest BCUT2D eigenvalue weighted by molar-refractivity contribution is 0.0600. The van der Waals surface area contributed by atoms with E-state index in [-0.39, 0.29) is 10.9 Å². The number of sulfone groups is 1. The van der Waals surface area contributed by atoms with Gasteiger partial charge < -0.3 is 4.74 Å². The van der Waals surface area contributed by atoms with Crippen molar-refractivity contribution in [1.82, 2.24) is 0 Å². The minimum Gasteiger partial charge on any atom is -0.465 e. The SMILES string of the molecule is COC(=O)c1ccc(/C=N/c2ccc(S(C)(=O)=O)cc2)cc1. The summed E-state index contributed by atoms with van der Waals surface area (Å²) in [6.45, 7) is 0. The second-order valence-electron chi connectivity index (χ2n) is 4.64. The number of carbonyl (C=O) groups excluding carboxylic acids is 1. The minimum atomic E-state index is -3.20. The van der Waals surface area contributed by atoms with Gasteiger partial charge in [0.25, 0.3) is 0 Å². The van der Waals surface area contributed by atoms with Gasteiger partial charge in [0.1, 0.15) is 0 Å². The van der Waals surface area contributed by atoms with Crippen molar-refractivity contribution in [3.63, 3.8) is 0 Å². The maximum Gasteiger partial charge on any atom is 0.337 e. The highest BCUT2D eigenvalue weighted by molar-refractivity contribution is 7.90. The van der Waals surface area contributed by atoms with E-state index < -0.39 is 9.84 Å². The first-order valence-electron chi connectivity index (χ1n) is 6.43. The molecule has 22 heavy (non-hydrogen) atoms. The maximum atomic E-state index is 11.4. The Hall–Kier alpha value is -2.47. The average Bonchev–Trinajstić information content (AvgIpc) is 2.52. The van der Waals surface area contributed by atoms with E-state index in [1.54, 1.807) is 42.6 Å². The fourth-order valence-electron chi connectivity index (χ4n) is 1.75. The highest BCUT2D eigenvalue weighted by Crippen LogP contribution is 2.16. The van der Waals surface area contributed by atoms with E-state index in [0.29, 0.717) is 11.3 Å². The van der Waals surface area contributed by atoms with Gasteiger partial charge in [0.15, 0.2) is 9.84 Å². The quantitative estimate of drug-likeness (QED) is 0.642. The summed E-state index contributed by atoms with van der Waals surface area (Å²) in [5.41, 5.74) is 1.93. The Labute approximate surface area is 129 Å². The van der Waals surface area contributed by atoms with E-state index in [4.69, 9.17) is 0 Å². The summed E-state index contributed by atoms with van der Waals surface area (Å²) in [6, 6.07) is 13.1. The first-order valence-corrected chi connectivity index (χ1v) is 8.32. The summed E-state index contributed by atoms with van der Waals surface area (Å²) in [5, 5.41) is 0. The van der Waals surface area contributed by atoms with Gasteiger partial charge in [-0.25, -0.2) is 13.2 Å². The zero-order valence-electron chi connectivity index (χ0n) is 12.2. The maximum absolute atomic E-state index is 11.4. The zero-order chi connectivity index (χ0) is 16.2. The van der Waals surface area contributed by atoms with Crippen LogP contribution in [0.3, 0.4) is 0 Å². The van der Waals surface area contributed by atoms with E-state index in [0.717, 1.165) is 11.8 Å². The molecule has 0 unspecified atom stereocenters. The summed E-state index contributed by atoms with van der Waals surface area (Å²) < 4.78 is 27.3. The zero-order valence-corrected chi connectivity index (χ0v) is 13.0. The molecule has 0 amide bonds. The number of ether oxygens (including phenoxy) is 1. The summed E-state index contributed by atoms with van der Waals surface area (Å²) in [5.74, 6) is -0.389. The number of hydrogen-bond donors (Lipinski definition) is 0. The molecule has 0 aromatic heterocycles. The normalized spacial score (nSPS) is 11.5. The van der Waals surface area contributed by atoms with Crippen molar-refractivity contribution in [2.24, 2.45) is 4.99 Å². The summed E-state index contributed by atoms with van der Waals surface area (Å²) in [7, 11) is -1.87. The van der Waals surface area contributed by atoms with Gasteiger partial charge in [0.2, 0.25) is 0 Å². The van der Waals surface area contributed by atoms with Crippen molar-refractivity contribution in [3.8, 4) is 0 Å². The molecule has 0 aliphatic heterocycles. The smallest absolute Gasteiger partial charge is 0.337 e. The first kappa shape index (κ1) is 15.9. The minimum absolute atomic E-state index is 0.258. The van der Waals surface area contributed by atoms with E-state index >= 15 is 0 Å². The standard InChI is InChI=1S/C16H15NO4S/c1-21-16(18)13-5-3-12(4-6-13)11-17-14-7-9-15(10-8-14)22(2,19)20/h3-11H,1-2H3/b17-11+. The van der Waals surface area contributed by atoms with Gasteiger partial charge in [-0.2, -0.15) is 0 Å². The molecule has 0 saturated carbocycles. The number of aliphatic imine (C=N–C) groups is 1. The molecule has 0 heterocycles. The van der Waals surface area contributed by atoms with Crippen LogP contribution in [0.1, 0.15) is 15.9 Å². The number of nitrogens with zero attached hydrogens (tertiary/aromatic N) is 1. The Morgan fingerprint density at radius 3 is 2.14 bits per heavy atom. The summed E-state index contributed by atoms with van der Waals surface area (Å²) in [6.07, 6.45) is 2.80. The summed E-state index contributed by atoms with van der Waals surface area (Å²) in [4.78, 5) is 15.8. The average molecular weight is 317 g/mol. The molecule has 0 aliphatic carbocycles. The third-order valence-electron chi connectivity index (χ3n) is 2.96. The molecule has 0 radical (unpaired) electrons. The molecule has 5 nitrogen and oxygen atoms in total. The van der Waals surface area contributed by atoms with Crippen molar-refractivity contribution in [1.29, 1.82) is 0 Å². The van der Waals surface area contributed by atoms with Crippen LogP contribution in [0.4, 0.5) is 5.69 Å². The van der Waals surface area contributed by atoms with Gasteiger partial charge in [-0.1, -0.05) is 12.1 Å². The van der Waals surface area contributed by atoms with Crippen LogP contribution >= 0.6 is 0 Å². The lowest BCUT2D eigenvalue weighted by Gasteiger charge is -2.00. The molecule has 0 spiro atoms. The van der Waals surface area contributed by atoms with E-state index in [1.807, 2.05) is 0 Å². The van der Waals surface area contributed by atoms with Crippen LogP contribution in [0.15, 0.2) is 58.4 Å². The number of carbonyl (C=O) groups is 1. The fraction of sp³-hybridized carbons (Fsp3) is 0.125. The molecule has 0 saturated heterocycles. The van der Waals surface area contributed by atoms with Crippen LogP contribution < -0.4 is 0 Å². The molecule has 2 aromatic carbocycles. The van der Waals surface area contributed by atoms with Crippen LogP contribution in [0.5, 0.6) is 0 Å². The van der Waals surface area contributed by atoms with Gasteiger partial charge in [0.05, 0.1) is 23.3 Å². The van der Waals surface area contributed by atoms with Crippen LogP contribution in [-0.4, -0.2) is 34.0 Å². The first-order chi connectivity index (χ1) is 10.4. The number of hydrogen-bond acceptors (Lipinski definition) is 5. The molecule has 0 aliphatic rings. The molecule has 6 heteroatoms. The Balaban J connectivity index is 2.13. The molecule has 0 fully saturated rings. The largest absolute Gasteiger partial charge is 0.465 e. The third kappa shape index (κ3) is 4.02. The molecular formula is C16H15NO4S.